The maximum Gasteiger partial charge on any atom is 0.351 e. The number of carbonyl (C=O) groups is 2. The van der Waals surface area contributed by atoms with E-state index in [-0.39, 0.29) is 12.2 Å². The highest BCUT2D eigenvalue weighted by molar-refractivity contribution is 5.84. The van der Waals surface area contributed by atoms with Gasteiger partial charge in [0.25, 0.3) is 0 Å². The smallest absolute Gasteiger partial charge is 0.351 e. The van der Waals surface area contributed by atoms with Gasteiger partial charge in [-0.3, -0.25) is 4.79 Å². The zero-order valence-electron chi connectivity index (χ0n) is 6.56. The standard InChI is InChI=1S/C5H10N4O3/c1-3(10)2-4(8-9-6)5(11)12-7/h4H,2,7H2,1H3,(H2,6,8). The number of nitrogens with two attached hydrogens (primary N) is 2. The minimum absolute atomic E-state index is 0.114. The Morgan fingerprint density at radius 2 is 2.17 bits per heavy atom. The van der Waals surface area contributed by atoms with Crippen LogP contribution in [0.5, 0.6) is 0 Å². The van der Waals surface area contributed by atoms with Gasteiger partial charge in [-0.2, -0.15) is 11.0 Å². The van der Waals surface area contributed by atoms with Gasteiger partial charge in [-0.05, 0) is 6.92 Å². The van der Waals surface area contributed by atoms with Crippen molar-refractivity contribution in [3.05, 3.63) is 0 Å². The van der Waals surface area contributed by atoms with Crippen molar-refractivity contribution in [3.63, 3.8) is 0 Å². The van der Waals surface area contributed by atoms with Crippen LogP contribution in [0, 0.1) is 0 Å². The Balaban J connectivity index is 4.22. The molecule has 0 spiro atoms. The van der Waals surface area contributed by atoms with Crippen LogP contribution in [0.1, 0.15) is 13.3 Å². The minimum Gasteiger partial charge on any atom is -0.372 e. The molecule has 0 aliphatic carbocycles. The van der Waals surface area contributed by atoms with E-state index in [9.17, 15) is 9.59 Å². The molecule has 0 bridgehead atoms. The van der Waals surface area contributed by atoms with Crippen LogP contribution in [0.15, 0.2) is 10.3 Å². The largest absolute Gasteiger partial charge is 0.372 e. The molecule has 68 valence electrons. The van der Waals surface area contributed by atoms with Crippen molar-refractivity contribution >= 4 is 11.8 Å². The van der Waals surface area contributed by atoms with Gasteiger partial charge in [0.2, 0.25) is 0 Å². The molecular formula is C5H10N4O3. The third-order valence-electron chi connectivity index (χ3n) is 1.08. The van der Waals surface area contributed by atoms with Crippen LogP contribution in [-0.4, -0.2) is 17.8 Å². The van der Waals surface area contributed by atoms with Crippen molar-refractivity contribution in [1.29, 1.82) is 0 Å². The van der Waals surface area contributed by atoms with E-state index in [1.54, 1.807) is 0 Å². The fraction of sp³-hybridized carbons (Fsp3) is 0.600. The highest BCUT2D eigenvalue weighted by Gasteiger charge is 2.20. The average molecular weight is 174 g/mol. The predicted octanol–water partition coefficient (Wildman–Crippen LogP) is -0.923. The van der Waals surface area contributed by atoms with Crippen molar-refractivity contribution in [2.75, 3.05) is 0 Å². The van der Waals surface area contributed by atoms with E-state index >= 15 is 0 Å². The van der Waals surface area contributed by atoms with Gasteiger partial charge in [-0.1, -0.05) is 5.22 Å². The van der Waals surface area contributed by atoms with E-state index < -0.39 is 12.0 Å². The molecule has 0 radical (unpaired) electrons. The molecule has 0 rings (SSSR count). The Kier molecular flexibility index (Phi) is 4.54. The topological polar surface area (TPSA) is 120 Å². The first-order chi connectivity index (χ1) is 5.61. The summed E-state index contributed by atoms with van der Waals surface area (Å²) in [5.74, 6) is 8.21. The number of carbonyl (C=O) groups excluding carboxylic acids is 2. The predicted molar refractivity (Wildman–Crippen MR) is 38.4 cm³/mol. The lowest BCUT2D eigenvalue weighted by molar-refractivity contribution is -0.147. The molecule has 0 fully saturated rings. The molecule has 0 saturated carbocycles. The molecule has 0 aromatic rings. The molecule has 0 aromatic carbocycles. The normalized spacial score (nSPS) is 12.8. The molecule has 12 heavy (non-hydrogen) atoms. The Morgan fingerprint density at radius 3 is 2.50 bits per heavy atom. The lowest BCUT2D eigenvalue weighted by atomic mass is 10.2. The fourth-order valence-electron chi connectivity index (χ4n) is 0.603. The highest BCUT2D eigenvalue weighted by atomic mass is 16.7. The lowest BCUT2D eigenvalue weighted by Gasteiger charge is -2.03. The Morgan fingerprint density at radius 1 is 1.58 bits per heavy atom. The molecule has 0 aliphatic heterocycles. The molecular weight excluding hydrogens is 164 g/mol. The summed E-state index contributed by atoms with van der Waals surface area (Å²) in [7, 11) is 0. The van der Waals surface area contributed by atoms with Gasteiger partial charge in [-0.15, -0.1) is 0 Å². The van der Waals surface area contributed by atoms with E-state index in [2.05, 4.69) is 21.1 Å². The summed E-state index contributed by atoms with van der Waals surface area (Å²) in [6.45, 7) is 1.31. The second-order valence-electron chi connectivity index (χ2n) is 2.09. The summed E-state index contributed by atoms with van der Waals surface area (Å²) in [6, 6.07) is -1.03. The van der Waals surface area contributed by atoms with Gasteiger partial charge >= 0.3 is 5.97 Å². The molecule has 0 aromatic heterocycles. The van der Waals surface area contributed by atoms with Crippen molar-refractivity contribution in [2.24, 2.45) is 22.1 Å². The van der Waals surface area contributed by atoms with Gasteiger partial charge < -0.3 is 10.7 Å². The molecule has 7 nitrogen and oxygen atoms in total. The van der Waals surface area contributed by atoms with Crippen LogP contribution in [-0.2, 0) is 14.4 Å². The second-order valence-corrected chi connectivity index (χ2v) is 2.09. The van der Waals surface area contributed by atoms with Crippen LogP contribution in [0.25, 0.3) is 0 Å². The number of Topliss-reactive ketones (excluding diaryl/α,β-unsaturated/α-hetero) is 1. The summed E-state index contributed by atoms with van der Waals surface area (Å²) >= 11 is 0. The van der Waals surface area contributed by atoms with E-state index in [0.29, 0.717) is 0 Å². The van der Waals surface area contributed by atoms with Crippen LogP contribution in [0.2, 0.25) is 0 Å². The van der Waals surface area contributed by atoms with Crippen LogP contribution < -0.4 is 11.7 Å². The Labute approximate surface area is 68.7 Å². The second kappa shape index (κ2) is 5.19. The minimum atomic E-state index is -1.03. The third-order valence-corrected chi connectivity index (χ3v) is 1.08. The van der Waals surface area contributed by atoms with Crippen molar-refractivity contribution in [3.8, 4) is 0 Å². The first kappa shape index (κ1) is 10.5. The first-order valence-corrected chi connectivity index (χ1v) is 3.11. The van der Waals surface area contributed by atoms with Gasteiger partial charge in [0.05, 0.1) is 0 Å². The zero-order valence-corrected chi connectivity index (χ0v) is 6.56. The van der Waals surface area contributed by atoms with E-state index in [1.165, 1.54) is 6.92 Å². The molecule has 0 saturated heterocycles. The highest BCUT2D eigenvalue weighted by Crippen LogP contribution is 2.00. The molecule has 4 N–H and O–H groups in total. The van der Waals surface area contributed by atoms with Crippen LogP contribution in [0.3, 0.4) is 0 Å². The fourth-order valence-corrected chi connectivity index (χ4v) is 0.603. The summed E-state index contributed by atoms with van der Waals surface area (Å²) in [5.41, 5.74) is 0. The molecule has 1 atom stereocenters. The average Bonchev–Trinajstić information content (AvgIpc) is 2.01. The Bertz CT molecular complexity index is 203. The van der Waals surface area contributed by atoms with Crippen LogP contribution in [0.4, 0.5) is 0 Å². The van der Waals surface area contributed by atoms with Crippen molar-refractivity contribution in [2.45, 2.75) is 19.4 Å². The quantitative estimate of drug-likeness (QED) is 0.324. The maximum atomic E-state index is 10.7. The summed E-state index contributed by atoms with van der Waals surface area (Å²) < 4.78 is 0. The zero-order chi connectivity index (χ0) is 9.56. The number of rotatable bonds is 4. The summed E-state index contributed by atoms with van der Waals surface area (Å²) in [5, 5.41) is 6.14. The summed E-state index contributed by atoms with van der Waals surface area (Å²) in [6.07, 6.45) is -0.114. The number of hydrogen-bond donors (Lipinski definition) is 2. The van der Waals surface area contributed by atoms with Gasteiger partial charge in [-0.25, -0.2) is 4.79 Å². The molecule has 0 heterocycles. The van der Waals surface area contributed by atoms with Crippen LogP contribution >= 0.6 is 0 Å². The maximum absolute atomic E-state index is 10.7. The number of hydrogen-bond acceptors (Lipinski definition) is 6. The third kappa shape index (κ3) is 3.62. The van der Waals surface area contributed by atoms with E-state index in [1.807, 2.05) is 0 Å². The monoisotopic (exact) mass is 174 g/mol. The van der Waals surface area contributed by atoms with Gasteiger partial charge in [0, 0.05) is 6.42 Å². The molecule has 0 aliphatic rings. The van der Waals surface area contributed by atoms with Gasteiger partial charge in [0.15, 0.2) is 6.04 Å². The van der Waals surface area contributed by atoms with Crippen molar-refractivity contribution < 1.29 is 14.4 Å². The first-order valence-electron chi connectivity index (χ1n) is 3.11. The van der Waals surface area contributed by atoms with Gasteiger partial charge in [0.1, 0.15) is 5.78 Å². The van der Waals surface area contributed by atoms with Crippen molar-refractivity contribution in [1.82, 2.24) is 0 Å². The molecule has 1 unspecified atom stereocenters. The molecule has 0 amide bonds. The van der Waals surface area contributed by atoms with E-state index in [0.717, 1.165) is 0 Å². The lowest BCUT2D eigenvalue weighted by Crippen LogP contribution is -2.26. The SMILES string of the molecule is CC(=O)CC(N=NN)C(=O)ON. The number of nitrogens with zero attached hydrogens (tertiary/aromatic N) is 2. The Hall–Kier alpha value is -1.50. The summed E-state index contributed by atoms with van der Waals surface area (Å²) in [4.78, 5) is 25.2. The molecule has 7 heteroatoms. The number of ketones is 1. The van der Waals surface area contributed by atoms with E-state index in [4.69, 9.17) is 5.84 Å².